The van der Waals surface area contributed by atoms with Gasteiger partial charge in [-0.25, -0.2) is 0 Å². The first-order chi connectivity index (χ1) is 11.0. The molecule has 0 N–H and O–H groups in total. The van der Waals surface area contributed by atoms with Crippen LogP contribution in [0.5, 0.6) is 11.5 Å². The maximum Gasteiger partial charge on any atom is 0.176 e. The third kappa shape index (κ3) is 6.17. The summed E-state index contributed by atoms with van der Waals surface area (Å²) in [6.07, 6.45) is 8.28. The van der Waals surface area contributed by atoms with E-state index in [9.17, 15) is 4.79 Å². The molecule has 1 aromatic carbocycles. The number of carbonyl (C=O) groups excluding carboxylic acids is 1. The van der Waals surface area contributed by atoms with Gasteiger partial charge in [0.1, 0.15) is 0 Å². The third-order valence-electron chi connectivity index (χ3n) is 4.09. The predicted octanol–water partition coefficient (Wildman–Crippen LogP) is 5.71. The second kappa shape index (κ2) is 10.7. The number of unbranched alkanes of at least 4 members (excludes halogenated alkanes) is 5. The minimum atomic E-state index is -0.134. The van der Waals surface area contributed by atoms with Crippen molar-refractivity contribution in [3.63, 3.8) is 0 Å². The largest absolute Gasteiger partial charge is 0.493 e. The van der Waals surface area contributed by atoms with E-state index in [0.29, 0.717) is 17.1 Å². The molecule has 1 rings (SSSR count). The number of ketones is 1. The average Bonchev–Trinajstić information content (AvgIpc) is 2.56. The molecule has 3 nitrogen and oxygen atoms in total. The molecule has 0 radical (unpaired) electrons. The zero-order valence-electron chi connectivity index (χ0n) is 14.8. The molecule has 0 saturated carbocycles. The summed E-state index contributed by atoms with van der Waals surface area (Å²) in [5.41, 5.74) is 1.62. The monoisotopic (exact) mass is 384 g/mol. The smallest absolute Gasteiger partial charge is 0.176 e. The minimum Gasteiger partial charge on any atom is -0.493 e. The van der Waals surface area contributed by atoms with Gasteiger partial charge in [0, 0.05) is 5.56 Å². The van der Waals surface area contributed by atoms with Crippen LogP contribution in [-0.4, -0.2) is 24.8 Å². The number of alkyl halides is 1. The molecule has 0 amide bonds. The minimum absolute atomic E-state index is 0.122. The Morgan fingerprint density at radius 3 is 2.22 bits per heavy atom. The lowest BCUT2D eigenvalue weighted by Gasteiger charge is -2.14. The Hall–Kier alpha value is -1.03. The van der Waals surface area contributed by atoms with Crippen molar-refractivity contribution in [2.75, 3.05) is 14.2 Å². The summed E-state index contributed by atoms with van der Waals surface area (Å²) in [5.74, 6) is 1.38. The first-order valence-corrected chi connectivity index (χ1v) is 9.37. The maximum absolute atomic E-state index is 12.7. The first-order valence-electron chi connectivity index (χ1n) is 8.46. The van der Waals surface area contributed by atoms with Crippen LogP contribution in [0.2, 0.25) is 0 Å². The Bertz CT molecular complexity index is 500. The van der Waals surface area contributed by atoms with Crippen molar-refractivity contribution in [3.8, 4) is 11.5 Å². The fourth-order valence-corrected chi connectivity index (χ4v) is 3.22. The Morgan fingerprint density at radius 1 is 1.04 bits per heavy atom. The summed E-state index contributed by atoms with van der Waals surface area (Å²) in [6, 6.07) is 3.64. The van der Waals surface area contributed by atoms with E-state index in [2.05, 4.69) is 22.9 Å². The molecule has 0 aliphatic carbocycles. The fraction of sp³-hybridized carbons (Fsp3) is 0.632. The second-order valence-electron chi connectivity index (χ2n) is 5.91. The van der Waals surface area contributed by atoms with Gasteiger partial charge < -0.3 is 9.47 Å². The van der Waals surface area contributed by atoms with Crippen molar-refractivity contribution in [1.29, 1.82) is 0 Å². The predicted molar refractivity (Wildman–Crippen MR) is 99.3 cm³/mol. The number of hydrogen-bond acceptors (Lipinski definition) is 3. The topological polar surface area (TPSA) is 35.5 Å². The second-order valence-corrected chi connectivity index (χ2v) is 7.02. The number of hydrogen-bond donors (Lipinski definition) is 0. The van der Waals surface area contributed by atoms with Crippen LogP contribution in [0.15, 0.2) is 12.1 Å². The van der Waals surface area contributed by atoms with Gasteiger partial charge in [0.25, 0.3) is 0 Å². The lowest BCUT2D eigenvalue weighted by Crippen LogP contribution is -2.15. The summed E-state index contributed by atoms with van der Waals surface area (Å²) in [7, 11) is 3.19. The van der Waals surface area contributed by atoms with Crippen LogP contribution in [-0.2, 0) is 0 Å². The van der Waals surface area contributed by atoms with Gasteiger partial charge in [-0.2, -0.15) is 0 Å². The zero-order chi connectivity index (χ0) is 17.2. The van der Waals surface area contributed by atoms with Crippen molar-refractivity contribution >= 4 is 21.7 Å². The molecular weight excluding hydrogens is 356 g/mol. The van der Waals surface area contributed by atoms with Crippen LogP contribution >= 0.6 is 15.9 Å². The number of ether oxygens (including phenoxy) is 2. The normalized spacial score (nSPS) is 12.0. The van der Waals surface area contributed by atoms with E-state index in [1.807, 2.05) is 13.0 Å². The van der Waals surface area contributed by atoms with Crippen molar-refractivity contribution in [3.05, 3.63) is 23.3 Å². The molecule has 0 heterocycles. The summed E-state index contributed by atoms with van der Waals surface area (Å²) in [6.45, 7) is 4.15. The highest BCUT2D eigenvalue weighted by atomic mass is 79.9. The first kappa shape index (κ1) is 20.0. The summed E-state index contributed by atoms with van der Waals surface area (Å²) in [4.78, 5) is 12.5. The van der Waals surface area contributed by atoms with Crippen LogP contribution in [0.25, 0.3) is 0 Å². The number of Topliss-reactive ketones (excluding diaryl/α,β-unsaturated/α-hetero) is 1. The summed E-state index contributed by atoms with van der Waals surface area (Å²) < 4.78 is 10.6. The number of methoxy groups -OCH3 is 2. The molecule has 130 valence electrons. The maximum atomic E-state index is 12.7. The van der Waals surface area contributed by atoms with Gasteiger partial charge in [-0.15, -0.1) is 0 Å². The number of halogens is 1. The molecule has 0 saturated heterocycles. The van der Waals surface area contributed by atoms with Gasteiger partial charge in [0.05, 0.1) is 19.0 Å². The van der Waals surface area contributed by atoms with E-state index < -0.39 is 0 Å². The van der Waals surface area contributed by atoms with Crippen molar-refractivity contribution in [2.24, 2.45) is 0 Å². The van der Waals surface area contributed by atoms with Gasteiger partial charge in [0.15, 0.2) is 17.3 Å². The zero-order valence-corrected chi connectivity index (χ0v) is 16.4. The van der Waals surface area contributed by atoms with E-state index in [4.69, 9.17) is 9.47 Å². The number of aryl methyl sites for hydroxylation is 1. The molecule has 0 spiro atoms. The SMILES string of the molecule is CCCCCCCCC(Br)C(=O)c1cc(OC)c(OC)cc1C. The fourth-order valence-electron chi connectivity index (χ4n) is 2.65. The molecule has 0 fully saturated rings. The van der Waals surface area contributed by atoms with Crippen LogP contribution in [0.3, 0.4) is 0 Å². The van der Waals surface area contributed by atoms with E-state index in [0.717, 1.165) is 18.4 Å². The van der Waals surface area contributed by atoms with Gasteiger partial charge >= 0.3 is 0 Å². The van der Waals surface area contributed by atoms with Crippen molar-refractivity contribution < 1.29 is 14.3 Å². The molecule has 0 bridgehead atoms. The molecule has 1 aromatic rings. The summed E-state index contributed by atoms with van der Waals surface area (Å²) in [5, 5.41) is 0. The molecule has 1 atom stereocenters. The van der Waals surface area contributed by atoms with Crippen molar-refractivity contribution in [1.82, 2.24) is 0 Å². The van der Waals surface area contributed by atoms with E-state index in [-0.39, 0.29) is 10.6 Å². The van der Waals surface area contributed by atoms with Crippen LogP contribution < -0.4 is 9.47 Å². The number of rotatable bonds is 11. The molecule has 1 unspecified atom stereocenters. The van der Waals surface area contributed by atoms with E-state index >= 15 is 0 Å². The lowest BCUT2D eigenvalue weighted by atomic mass is 9.99. The molecular formula is C19H29BrO3. The summed E-state index contributed by atoms with van der Waals surface area (Å²) >= 11 is 3.56. The van der Waals surface area contributed by atoms with Crippen molar-refractivity contribution in [2.45, 2.75) is 63.6 Å². The van der Waals surface area contributed by atoms with Gasteiger partial charge in [-0.3, -0.25) is 4.79 Å². The standard InChI is InChI=1S/C19H29BrO3/c1-5-6-7-8-9-10-11-16(20)19(21)15-13-18(23-4)17(22-3)12-14(15)2/h12-13,16H,5-11H2,1-4H3. The van der Waals surface area contributed by atoms with Crippen LogP contribution in [0, 0.1) is 6.92 Å². The van der Waals surface area contributed by atoms with E-state index in [1.165, 1.54) is 32.1 Å². The van der Waals surface area contributed by atoms with E-state index in [1.54, 1.807) is 20.3 Å². The molecule has 23 heavy (non-hydrogen) atoms. The molecule has 4 heteroatoms. The van der Waals surface area contributed by atoms with Crippen LogP contribution in [0.1, 0.15) is 67.8 Å². The highest BCUT2D eigenvalue weighted by molar-refractivity contribution is 9.10. The Balaban J connectivity index is 2.62. The van der Waals surface area contributed by atoms with Crippen LogP contribution in [0.4, 0.5) is 0 Å². The number of carbonyl (C=O) groups is 1. The third-order valence-corrected chi connectivity index (χ3v) is 4.97. The Morgan fingerprint density at radius 2 is 1.61 bits per heavy atom. The van der Waals surface area contributed by atoms with Gasteiger partial charge in [-0.05, 0) is 31.0 Å². The Kier molecular flexibility index (Phi) is 9.30. The highest BCUT2D eigenvalue weighted by Gasteiger charge is 2.20. The van der Waals surface area contributed by atoms with Gasteiger partial charge in [0.2, 0.25) is 0 Å². The van der Waals surface area contributed by atoms with Gasteiger partial charge in [-0.1, -0.05) is 61.4 Å². The molecule has 0 aromatic heterocycles. The molecule has 0 aliphatic heterocycles. The quantitative estimate of drug-likeness (QED) is 0.278. The molecule has 0 aliphatic rings. The highest BCUT2D eigenvalue weighted by Crippen LogP contribution is 2.32. The lowest BCUT2D eigenvalue weighted by molar-refractivity contribution is 0.0987. The average molecular weight is 385 g/mol. The number of benzene rings is 1. The Labute approximate surface area is 148 Å².